The first-order chi connectivity index (χ1) is 16.9. The fourth-order valence-corrected chi connectivity index (χ4v) is 3.58. The lowest BCUT2D eigenvalue weighted by atomic mass is 10.1. The molecule has 1 aromatic heterocycles. The third-order valence-corrected chi connectivity index (χ3v) is 5.51. The Bertz CT molecular complexity index is 1410. The highest BCUT2D eigenvalue weighted by Gasteiger charge is 2.13. The van der Waals surface area contributed by atoms with Crippen LogP contribution in [0.5, 0.6) is 0 Å². The number of alkyl halides is 1. The van der Waals surface area contributed by atoms with E-state index in [4.69, 9.17) is 17.0 Å². The summed E-state index contributed by atoms with van der Waals surface area (Å²) >= 11 is 5.38. The number of aromatic nitrogens is 2. The maximum absolute atomic E-state index is 13.9. The highest BCUT2D eigenvalue weighted by atomic mass is 32.1. The van der Waals surface area contributed by atoms with Gasteiger partial charge >= 0.3 is 6.09 Å². The second-order valence-electron chi connectivity index (χ2n) is 7.67. The molecule has 4 rings (SSSR count). The first kappa shape index (κ1) is 24.2. The zero-order valence-electron chi connectivity index (χ0n) is 18.4. The standard InChI is InChI=1S/C26H20F3N3O2S/c27-15-19-13-21(14-22(28)25(19)29)32-10-9-24(35)23(31-32)12-18-7-4-8-20(11-18)30-26(33)34-16-17-5-2-1-3-6-17/h1-11,13-14H,12,15-16H2,(H,30,33). The molecule has 0 aliphatic carbocycles. The van der Waals surface area contributed by atoms with Gasteiger partial charge in [-0.05, 0) is 35.4 Å². The van der Waals surface area contributed by atoms with Crippen molar-refractivity contribution in [1.29, 1.82) is 0 Å². The Balaban J connectivity index is 1.49. The van der Waals surface area contributed by atoms with E-state index in [-0.39, 0.29) is 12.3 Å². The van der Waals surface area contributed by atoms with Crippen LogP contribution >= 0.6 is 12.2 Å². The van der Waals surface area contributed by atoms with E-state index in [0.717, 1.165) is 17.2 Å². The van der Waals surface area contributed by atoms with Gasteiger partial charge in [0.15, 0.2) is 11.6 Å². The van der Waals surface area contributed by atoms with Crippen molar-refractivity contribution in [2.45, 2.75) is 19.7 Å². The fourth-order valence-electron chi connectivity index (χ4n) is 3.40. The van der Waals surface area contributed by atoms with Crippen LogP contribution in [0.4, 0.5) is 23.7 Å². The molecule has 0 aliphatic rings. The highest BCUT2D eigenvalue weighted by molar-refractivity contribution is 7.71. The molecule has 0 unspecified atom stereocenters. The lowest BCUT2D eigenvalue weighted by Gasteiger charge is -2.11. The van der Waals surface area contributed by atoms with E-state index < -0.39 is 30.0 Å². The minimum absolute atomic E-state index is 0.147. The predicted molar refractivity (Wildman–Crippen MR) is 129 cm³/mol. The molecule has 5 nitrogen and oxygen atoms in total. The van der Waals surface area contributed by atoms with Gasteiger partial charge in [-0.25, -0.2) is 22.6 Å². The van der Waals surface area contributed by atoms with E-state index in [2.05, 4.69) is 10.4 Å². The molecule has 0 aliphatic heterocycles. The highest BCUT2D eigenvalue weighted by Crippen LogP contribution is 2.20. The van der Waals surface area contributed by atoms with Crippen molar-refractivity contribution >= 4 is 24.0 Å². The molecule has 9 heteroatoms. The summed E-state index contributed by atoms with van der Waals surface area (Å²) in [6.45, 7) is -0.996. The number of hydrogen-bond donors (Lipinski definition) is 1. The second kappa shape index (κ2) is 11.0. The Morgan fingerprint density at radius 2 is 1.77 bits per heavy atom. The molecule has 0 spiro atoms. The summed E-state index contributed by atoms with van der Waals surface area (Å²) < 4.78 is 47.7. The first-order valence-electron chi connectivity index (χ1n) is 10.6. The minimum atomic E-state index is -1.22. The molecule has 1 amide bonds. The van der Waals surface area contributed by atoms with Crippen molar-refractivity contribution in [3.05, 3.63) is 118 Å². The Morgan fingerprint density at radius 3 is 2.54 bits per heavy atom. The molecule has 1 heterocycles. The number of hydrogen-bond acceptors (Lipinski definition) is 4. The second-order valence-corrected chi connectivity index (χ2v) is 8.11. The summed E-state index contributed by atoms with van der Waals surface area (Å²) in [7, 11) is 0. The fraction of sp³-hybridized carbons (Fsp3) is 0.115. The van der Waals surface area contributed by atoms with Crippen LogP contribution in [0.15, 0.2) is 79.0 Å². The lowest BCUT2D eigenvalue weighted by molar-refractivity contribution is 0.155. The monoisotopic (exact) mass is 495 g/mol. The molecular formula is C26H20F3N3O2S. The molecule has 4 aromatic rings. The zero-order valence-corrected chi connectivity index (χ0v) is 19.2. The number of nitrogens with zero attached hydrogens (tertiary/aromatic N) is 2. The number of benzene rings is 3. The van der Waals surface area contributed by atoms with E-state index in [1.54, 1.807) is 24.3 Å². The summed E-state index contributed by atoms with van der Waals surface area (Å²) in [5.41, 5.74) is 2.48. The molecule has 1 N–H and O–H groups in total. The molecular weight excluding hydrogens is 475 g/mol. The van der Waals surface area contributed by atoms with Crippen LogP contribution in [-0.4, -0.2) is 15.9 Å². The molecule has 35 heavy (non-hydrogen) atoms. The van der Waals surface area contributed by atoms with Crippen LogP contribution in [-0.2, 0) is 24.4 Å². The molecule has 0 saturated heterocycles. The van der Waals surface area contributed by atoms with Crippen LogP contribution in [0.1, 0.15) is 22.4 Å². The summed E-state index contributed by atoms with van der Waals surface area (Å²) in [4.78, 5) is 12.2. The maximum Gasteiger partial charge on any atom is 0.411 e. The SMILES string of the molecule is O=C(Nc1cccc(Cc2nn(-c3cc(F)c(F)c(CF)c3)ccc2=S)c1)OCc1ccccc1. The third kappa shape index (κ3) is 6.13. The lowest BCUT2D eigenvalue weighted by Crippen LogP contribution is -2.13. The van der Waals surface area contributed by atoms with E-state index >= 15 is 0 Å². The van der Waals surface area contributed by atoms with Gasteiger partial charge < -0.3 is 4.74 Å². The van der Waals surface area contributed by atoms with Crippen molar-refractivity contribution in [2.24, 2.45) is 0 Å². The third-order valence-electron chi connectivity index (χ3n) is 5.13. The number of nitrogens with one attached hydrogen (secondary N) is 1. The summed E-state index contributed by atoms with van der Waals surface area (Å²) in [5.74, 6) is -2.38. The zero-order chi connectivity index (χ0) is 24.8. The van der Waals surface area contributed by atoms with E-state index in [1.165, 1.54) is 16.9 Å². The van der Waals surface area contributed by atoms with Gasteiger partial charge in [0.25, 0.3) is 0 Å². The van der Waals surface area contributed by atoms with Crippen LogP contribution in [0.2, 0.25) is 0 Å². The van der Waals surface area contributed by atoms with Crippen molar-refractivity contribution < 1.29 is 22.7 Å². The topological polar surface area (TPSA) is 56.2 Å². The summed E-state index contributed by atoms with van der Waals surface area (Å²) in [5, 5.41) is 7.12. The van der Waals surface area contributed by atoms with Gasteiger partial charge in [-0.2, -0.15) is 5.10 Å². The number of carbonyl (C=O) groups is 1. The molecule has 3 aromatic carbocycles. The summed E-state index contributed by atoms with van der Waals surface area (Å²) in [6.07, 6.45) is 1.22. The quantitative estimate of drug-likeness (QED) is 0.290. The summed E-state index contributed by atoms with van der Waals surface area (Å²) in [6, 6.07) is 20.2. The molecule has 178 valence electrons. The Hall–Kier alpha value is -3.98. The molecule has 0 radical (unpaired) electrons. The molecule has 0 saturated carbocycles. The van der Waals surface area contributed by atoms with Gasteiger partial charge in [0, 0.05) is 29.9 Å². The van der Waals surface area contributed by atoms with Gasteiger partial charge in [0.05, 0.1) is 15.9 Å². The average Bonchev–Trinajstić information content (AvgIpc) is 2.86. The Morgan fingerprint density at radius 1 is 1.00 bits per heavy atom. The van der Waals surface area contributed by atoms with Crippen LogP contribution < -0.4 is 5.32 Å². The van der Waals surface area contributed by atoms with Gasteiger partial charge in [0.2, 0.25) is 0 Å². The van der Waals surface area contributed by atoms with Crippen molar-refractivity contribution in [1.82, 2.24) is 9.78 Å². The number of halogens is 3. The number of amides is 1. The largest absolute Gasteiger partial charge is 0.444 e. The van der Waals surface area contributed by atoms with E-state index in [9.17, 15) is 18.0 Å². The minimum Gasteiger partial charge on any atom is -0.444 e. The predicted octanol–water partition coefficient (Wildman–Crippen LogP) is 6.69. The number of rotatable bonds is 7. The van der Waals surface area contributed by atoms with Gasteiger partial charge in [-0.15, -0.1) is 0 Å². The van der Waals surface area contributed by atoms with Crippen molar-refractivity contribution in [3.63, 3.8) is 0 Å². The first-order valence-corrected chi connectivity index (χ1v) is 11.0. The van der Waals surface area contributed by atoms with Crippen molar-refractivity contribution in [3.8, 4) is 5.69 Å². The molecule has 0 bridgehead atoms. The van der Waals surface area contributed by atoms with Gasteiger partial charge in [0.1, 0.15) is 13.3 Å². The van der Waals surface area contributed by atoms with Crippen LogP contribution in [0.3, 0.4) is 0 Å². The van der Waals surface area contributed by atoms with E-state index in [0.29, 0.717) is 22.3 Å². The van der Waals surface area contributed by atoms with Crippen LogP contribution in [0.25, 0.3) is 5.69 Å². The number of anilines is 1. The molecule has 0 atom stereocenters. The smallest absolute Gasteiger partial charge is 0.411 e. The maximum atomic E-state index is 13.9. The van der Waals surface area contributed by atoms with Gasteiger partial charge in [-0.1, -0.05) is 54.7 Å². The Labute approximate surface area is 204 Å². The van der Waals surface area contributed by atoms with Gasteiger partial charge in [-0.3, -0.25) is 5.32 Å². The van der Waals surface area contributed by atoms with E-state index in [1.807, 2.05) is 36.4 Å². The van der Waals surface area contributed by atoms with Crippen molar-refractivity contribution in [2.75, 3.05) is 5.32 Å². The average molecular weight is 496 g/mol. The number of carbonyl (C=O) groups excluding carboxylic acids is 1. The number of ether oxygens (including phenoxy) is 1. The normalized spacial score (nSPS) is 10.7. The molecule has 0 fully saturated rings. The Kier molecular flexibility index (Phi) is 7.57. The van der Waals surface area contributed by atoms with Crippen LogP contribution in [0, 0.1) is 16.1 Å².